The van der Waals surface area contributed by atoms with Crippen molar-refractivity contribution in [1.29, 1.82) is 0 Å². The molecule has 0 fully saturated rings. The largest absolute Gasteiger partial charge is 0.395 e. The van der Waals surface area contributed by atoms with E-state index in [2.05, 4.69) is 20.5 Å². The van der Waals surface area contributed by atoms with Crippen molar-refractivity contribution in [1.82, 2.24) is 15.2 Å². The smallest absolute Gasteiger partial charge is 0.280 e. The molecule has 2 heterocycles. The summed E-state index contributed by atoms with van der Waals surface area (Å²) in [6.45, 7) is 1.75. The fourth-order valence-corrected chi connectivity index (χ4v) is 2.86. The lowest BCUT2D eigenvalue weighted by Crippen LogP contribution is -2.14. The molecule has 0 unspecified atom stereocenters. The minimum atomic E-state index is -0.392. The Bertz CT molecular complexity index is 809. The number of aryl methyl sites for hydroxylation is 1. The normalized spacial score (nSPS) is 10.9. The van der Waals surface area contributed by atoms with Crippen LogP contribution in [0.1, 0.15) is 16.2 Å². The Morgan fingerprint density at radius 2 is 2.30 bits per heavy atom. The number of carbonyl (C=O) groups excluding carboxylic acids is 1. The predicted molar refractivity (Wildman–Crippen MR) is 80.3 cm³/mol. The molecule has 0 atom stereocenters. The SMILES string of the molecule is Cc1[nH]nc(C(=O)Nc2nc3ccc(Cl)cc3s2)c1N. The summed E-state index contributed by atoms with van der Waals surface area (Å²) in [7, 11) is 0. The summed E-state index contributed by atoms with van der Waals surface area (Å²) in [4.78, 5) is 16.4. The Kier molecular flexibility index (Phi) is 3.07. The summed E-state index contributed by atoms with van der Waals surface area (Å²) in [6.07, 6.45) is 0. The Balaban J connectivity index is 1.89. The minimum absolute atomic E-state index is 0.166. The van der Waals surface area contributed by atoms with E-state index in [0.29, 0.717) is 21.5 Å². The number of fused-ring (bicyclic) bond motifs is 1. The number of carbonyl (C=O) groups is 1. The van der Waals surface area contributed by atoms with E-state index in [0.717, 1.165) is 10.2 Å². The van der Waals surface area contributed by atoms with E-state index >= 15 is 0 Å². The summed E-state index contributed by atoms with van der Waals surface area (Å²) in [5.74, 6) is -0.392. The highest BCUT2D eigenvalue weighted by Crippen LogP contribution is 2.28. The highest BCUT2D eigenvalue weighted by molar-refractivity contribution is 7.22. The first-order valence-corrected chi connectivity index (χ1v) is 6.92. The number of anilines is 2. The molecular weight excluding hydrogens is 298 g/mol. The monoisotopic (exact) mass is 307 g/mol. The molecule has 2 aromatic heterocycles. The second-order valence-electron chi connectivity index (χ2n) is 4.20. The fourth-order valence-electron chi connectivity index (χ4n) is 1.72. The van der Waals surface area contributed by atoms with Gasteiger partial charge in [0.1, 0.15) is 0 Å². The average molecular weight is 308 g/mol. The van der Waals surface area contributed by atoms with Crippen LogP contribution in [0.5, 0.6) is 0 Å². The third-order valence-electron chi connectivity index (χ3n) is 2.78. The number of rotatable bonds is 2. The molecule has 0 spiro atoms. The van der Waals surface area contributed by atoms with Gasteiger partial charge in [-0.1, -0.05) is 22.9 Å². The Hall–Kier alpha value is -2.12. The fraction of sp³-hybridized carbons (Fsp3) is 0.0833. The summed E-state index contributed by atoms with van der Waals surface area (Å²) < 4.78 is 0.902. The van der Waals surface area contributed by atoms with Crippen LogP contribution >= 0.6 is 22.9 Å². The van der Waals surface area contributed by atoms with Crippen LogP contribution in [0.2, 0.25) is 5.02 Å². The van der Waals surface area contributed by atoms with Gasteiger partial charge in [-0.15, -0.1) is 0 Å². The molecule has 0 saturated heterocycles. The molecule has 6 nitrogen and oxygen atoms in total. The summed E-state index contributed by atoms with van der Waals surface area (Å²) in [6, 6.07) is 5.36. The molecule has 1 aromatic carbocycles. The number of aromatic amines is 1. The number of hydrogen-bond donors (Lipinski definition) is 3. The number of nitrogens with one attached hydrogen (secondary N) is 2. The second-order valence-corrected chi connectivity index (χ2v) is 5.66. The highest BCUT2D eigenvalue weighted by atomic mass is 35.5. The van der Waals surface area contributed by atoms with Gasteiger partial charge < -0.3 is 5.73 Å². The molecule has 0 bridgehead atoms. The number of nitrogens with zero attached hydrogens (tertiary/aromatic N) is 2. The van der Waals surface area contributed by atoms with Crippen LogP contribution < -0.4 is 11.1 Å². The van der Waals surface area contributed by atoms with E-state index in [4.69, 9.17) is 17.3 Å². The van der Waals surface area contributed by atoms with Crippen molar-refractivity contribution in [3.63, 3.8) is 0 Å². The van der Waals surface area contributed by atoms with Crippen molar-refractivity contribution >= 4 is 49.9 Å². The molecular formula is C12H10ClN5OS. The van der Waals surface area contributed by atoms with Crippen molar-refractivity contribution in [2.24, 2.45) is 0 Å². The number of H-pyrrole nitrogens is 1. The molecule has 0 radical (unpaired) electrons. The zero-order chi connectivity index (χ0) is 14.3. The van der Waals surface area contributed by atoms with Crippen LogP contribution in [0.4, 0.5) is 10.8 Å². The van der Waals surface area contributed by atoms with E-state index in [1.807, 2.05) is 0 Å². The maximum atomic E-state index is 12.1. The molecule has 0 aliphatic rings. The molecule has 4 N–H and O–H groups in total. The first-order chi connectivity index (χ1) is 9.54. The van der Waals surface area contributed by atoms with Gasteiger partial charge in [0.2, 0.25) is 0 Å². The number of halogens is 1. The number of thiazole rings is 1. The third-order valence-corrected chi connectivity index (χ3v) is 3.95. The molecule has 102 valence electrons. The highest BCUT2D eigenvalue weighted by Gasteiger charge is 2.17. The summed E-state index contributed by atoms with van der Waals surface area (Å²) >= 11 is 7.25. The zero-order valence-electron chi connectivity index (χ0n) is 10.4. The van der Waals surface area contributed by atoms with Crippen LogP contribution in [-0.2, 0) is 0 Å². The number of benzene rings is 1. The number of amides is 1. The molecule has 0 saturated carbocycles. The van der Waals surface area contributed by atoms with Gasteiger partial charge in [-0.3, -0.25) is 15.2 Å². The second kappa shape index (κ2) is 4.77. The number of aromatic nitrogens is 3. The van der Waals surface area contributed by atoms with Crippen molar-refractivity contribution in [3.05, 3.63) is 34.6 Å². The number of nitrogen functional groups attached to an aromatic ring is 1. The van der Waals surface area contributed by atoms with E-state index in [-0.39, 0.29) is 5.69 Å². The van der Waals surface area contributed by atoms with Gasteiger partial charge in [0.15, 0.2) is 10.8 Å². The topological polar surface area (TPSA) is 96.7 Å². The van der Waals surface area contributed by atoms with Gasteiger partial charge >= 0.3 is 0 Å². The number of nitrogens with two attached hydrogens (primary N) is 1. The number of hydrogen-bond acceptors (Lipinski definition) is 5. The van der Waals surface area contributed by atoms with Crippen LogP contribution in [0.3, 0.4) is 0 Å². The van der Waals surface area contributed by atoms with Crippen molar-refractivity contribution in [2.45, 2.75) is 6.92 Å². The maximum Gasteiger partial charge on any atom is 0.280 e. The lowest BCUT2D eigenvalue weighted by molar-refractivity contribution is 0.102. The van der Waals surface area contributed by atoms with E-state index in [9.17, 15) is 4.79 Å². The van der Waals surface area contributed by atoms with E-state index in [1.54, 1.807) is 25.1 Å². The van der Waals surface area contributed by atoms with Crippen LogP contribution in [0, 0.1) is 6.92 Å². The third kappa shape index (κ3) is 2.21. The Morgan fingerprint density at radius 1 is 1.50 bits per heavy atom. The Labute approximate surface area is 123 Å². The van der Waals surface area contributed by atoms with E-state index < -0.39 is 5.91 Å². The lowest BCUT2D eigenvalue weighted by Gasteiger charge is -1.98. The zero-order valence-corrected chi connectivity index (χ0v) is 12.0. The van der Waals surface area contributed by atoms with Gasteiger partial charge in [-0.05, 0) is 25.1 Å². The van der Waals surface area contributed by atoms with Gasteiger partial charge in [0.25, 0.3) is 5.91 Å². The maximum absolute atomic E-state index is 12.1. The molecule has 8 heteroatoms. The predicted octanol–water partition coefficient (Wildman–Crippen LogP) is 2.82. The first kappa shape index (κ1) is 12.9. The quantitative estimate of drug-likeness (QED) is 0.678. The molecule has 20 heavy (non-hydrogen) atoms. The molecule has 3 rings (SSSR count). The van der Waals surface area contributed by atoms with Gasteiger partial charge in [-0.2, -0.15) is 5.10 Å². The van der Waals surface area contributed by atoms with Crippen molar-refractivity contribution in [3.8, 4) is 0 Å². The van der Waals surface area contributed by atoms with Crippen molar-refractivity contribution in [2.75, 3.05) is 11.1 Å². The van der Waals surface area contributed by atoms with Gasteiger partial charge in [0.05, 0.1) is 21.6 Å². The van der Waals surface area contributed by atoms with E-state index in [1.165, 1.54) is 11.3 Å². The van der Waals surface area contributed by atoms with Gasteiger partial charge in [0, 0.05) is 5.02 Å². The first-order valence-electron chi connectivity index (χ1n) is 5.72. The average Bonchev–Trinajstić information content (AvgIpc) is 2.93. The van der Waals surface area contributed by atoms with Gasteiger partial charge in [-0.25, -0.2) is 4.98 Å². The van der Waals surface area contributed by atoms with Crippen LogP contribution in [0.15, 0.2) is 18.2 Å². The lowest BCUT2D eigenvalue weighted by atomic mass is 10.3. The standard InChI is InChI=1S/C12H10ClN5OS/c1-5-9(14)10(18-17-5)11(19)16-12-15-7-3-2-6(13)4-8(7)20-12/h2-4H,14H2,1H3,(H,17,18)(H,15,16,19). The molecule has 0 aliphatic heterocycles. The van der Waals surface area contributed by atoms with Crippen LogP contribution in [-0.4, -0.2) is 21.1 Å². The minimum Gasteiger partial charge on any atom is -0.395 e. The molecule has 3 aromatic rings. The Morgan fingerprint density at radius 3 is 3.00 bits per heavy atom. The summed E-state index contributed by atoms with van der Waals surface area (Å²) in [5, 5.41) is 10.3. The van der Waals surface area contributed by atoms with Crippen molar-refractivity contribution < 1.29 is 4.79 Å². The molecule has 1 amide bonds. The van der Waals surface area contributed by atoms with Crippen LogP contribution in [0.25, 0.3) is 10.2 Å². The molecule has 0 aliphatic carbocycles. The summed E-state index contributed by atoms with van der Waals surface area (Å²) in [5.41, 5.74) is 7.71.